The van der Waals surface area contributed by atoms with E-state index in [0.29, 0.717) is 6.04 Å². The van der Waals surface area contributed by atoms with Crippen molar-refractivity contribution < 1.29 is 4.74 Å². The number of benzene rings is 1. The van der Waals surface area contributed by atoms with Crippen LogP contribution in [0.2, 0.25) is 0 Å². The maximum absolute atomic E-state index is 5.56. The molecule has 0 fully saturated rings. The van der Waals surface area contributed by atoms with Crippen LogP contribution in [0.3, 0.4) is 0 Å². The Labute approximate surface area is 120 Å². The molecule has 0 radical (unpaired) electrons. The number of nitrogens with two attached hydrogens (primary N) is 1. The fourth-order valence-electron chi connectivity index (χ4n) is 2.32. The summed E-state index contributed by atoms with van der Waals surface area (Å²) in [5, 5.41) is 4.61. The summed E-state index contributed by atoms with van der Waals surface area (Å²) in [6.45, 7) is 4.93. The Morgan fingerprint density at radius 2 is 2.15 bits per heavy atom. The topological polar surface area (TPSA) is 60.2 Å². The van der Waals surface area contributed by atoms with E-state index in [2.05, 4.69) is 23.3 Å². The Morgan fingerprint density at radius 1 is 1.35 bits per heavy atom. The standard InChI is InChI=1S/C16H23N3O/c1-11-7-13-8-14(20-3)9-15(16(13)18-10-11)19-12(2)5-4-6-17/h7-10,12,19H,4-6,17H2,1-3H3. The predicted octanol–water partition coefficient (Wildman–Crippen LogP) is 3.09. The molecule has 0 bridgehead atoms. The molecule has 0 aliphatic rings. The number of anilines is 1. The zero-order valence-electron chi connectivity index (χ0n) is 12.4. The quantitative estimate of drug-likeness (QED) is 0.849. The second kappa shape index (κ2) is 6.57. The number of rotatable bonds is 6. The van der Waals surface area contributed by atoms with Crippen molar-refractivity contribution in [2.45, 2.75) is 32.7 Å². The molecule has 1 unspecified atom stereocenters. The van der Waals surface area contributed by atoms with Crippen molar-refractivity contribution in [3.05, 3.63) is 30.0 Å². The zero-order valence-corrected chi connectivity index (χ0v) is 12.4. The third kappa shape index (κ3) is 3.39. The van der Waals surface area contributed by atoms with Gasteiger partial charge in [0.1, 0.15) is 5.75 Å². The highest BCUT2D eigenvalue weighted by Gasteiger charge is 2.09. The van der Waals surface area contributed by atoms with Crippen LogP contribution in [0.15, 0.2) is 24.4 Å². The monoisotopic (exact) mass is 273 g/mol. The van der Waals surface area contributed by atoms with E-state index in [1.54, 1.807) is 7.11 Å². The molecule has 0 saturated heterocycles. The first-order valence-corrected chi connectivity index (χ1v) is 7.05. The highest BCUT2D eigenvalue weighted by molar-refractivity contribution is 5.92. The largest absolute Gasteiger partial charge is 0.497 e. The maximum Gasteiger partial charge on any atom is 0.121 e. The average Bonchev–Trinajstić information content (AvgIpc) is 2.44. The molecular weight excluding hydrogens is 250 g/mol. The molecule has 4 heteroatoms. The van der Waals surface area contributed by atoms with Crippen LogP contribution in [-0.4, -0.2) is 24.7 Å². The lowest BCUT2D eigenvalue weighted by Gasteiger charge is -2.17. The maximum atomic E-state index is 5.56. The summed E-state index contributed by atoms with van der Waals surface area (Å²) >= 11 is 0. The average molecular weight is 273 g/mol. The molecule has 4 nitrogen and oxygen atoms in total. The highest BCUT2D eigenvalue weighted by atomic mass is 16.5. The van der Waals surface area contributed by atoms with Crippen molar-refractivity contribution in [2.24, 2.45) is 5.73 Å². The van der Waals surface area contributed by atoms with Gasteiger partial charge in [0.2, 0.25) is 0 Å². The minimum atomic E-state index is 0.358. The van der Waals surface area contributed by atoms with E-state index in [-0.39, 0.29) is 0 Å². The summed E-state index contributed by atoms with van der Waals surface area (Å²) in [6.07, 6.45) is 3.95. The van der Waals surface area contributed by atoms with Crippen LogP contribution in [-0.2, 0) is 0 Å². The summed E-state index contributed by atoms with van der Waals surface area (Å²) in [5.74, 6) is 0.846. The SMILES string of the molecule is COc1cc(NC(C)CCCN)c2ncc(C)cc2c1. The van der Waals surface area contributed by atoms with Crippen LogP contribution in [0.25, 0.3) is 10.9 Å². The van der Waals surface area contributed by atoms with Gasteiger partial charge in [0.05, 0.1) is 18.3 Å². The van der Waals surface area contributed by atoms with E-state index in [4.69, 9.17) is 10.5 Å². The first-order valence-electron chi connectivity index (χ1n) is 7.05. The van der Waals surface area contributed by atoms with Crippen molar-refractivity contribution in [3.63, 3.8) is 0 Å². The molecule has 2 rings (SSSR count). The molecule has 20 heavy (non-hydrogen) atoms. The van der Waals surface area contributed by atoms with Crippen LogP contribution >= 0.6 is 0 Å². The number of fused-ring (bicyclic) bond motifs is 1. The third-order valence-corrected chi connectivity index (χ3v) is 3.37. The van der Waals surface area contributed by atoms with E-state index in [9.17, 15) is 0 Å². The Morgan fingerprint density at radius 3 is 2.85 bits per heavy atom. The molecular formula is C16H23N3O. The highest BCUT2D eigenvalue weighted by Crippen LogP contribution is 2.29. The molecule has 0 amide bonds. The van der Waals surface area contributed by atoms with Crippen LogP contribution in [0.5, 0.6) is 5.75 Å². The summed E-state index contributed by atoms with van der Waals surface area (Å²) in [5.41, 5.74) is 8.71. The number of ether oxygens (including phenoxy) is 1. The number of hydrogen-bond acceptors (Lipinski definition) is 4. The van der Waals surface area contributed by atoms with Gasteiger partial charge in [-0.05, 0) is 50.9 Å². The molecule has 0 aliphatic carbocycles. The molecule has 1 aromatic carbocycles. The van der Waals surface area contributed by atoms with E-state index in [1.807, 2.05) is 25.3 Å². The van der Waals surface area contributed by atoms with Gasteiger partial charge >= 0.3 is 0 Å². The molecule has 2 aromatic rings. The smallest absolute Gasteiger partial charge is 0.121 e. The van der Waals surface area contributed by atoms with Crippen molar-refractivity contribution in [1.82, 2.24) is 4.98 Å². The predicted molar refractivity (Wildman–Crippen MR) is 84.4 cm³/mol. The van der Waals surface area contributed by atoms with Gasteiger partial charge in [0, 0.05) is 23.7 Å². The van der Waals surface area contributed by atoms with Crippen LogP contribution in [0.4, 0.5) is 5.69 Å². The molecule has 1 heterocycles. The van der Waals surface area contributed by atoms with Gasteiger partial charge in [-0.15, -0.1) is 0 Å². The minimum Gasteiger partial charge on any atom is -0.497 e. The van der Waals surface area contributed by atoms with Crippen molar-refractivity contribution >= 4 is 16.6 Å². The molecule has 0 saturated carbocycles. The molecule has 108 valence electrons. The van der Waals surface area contributed by atoms with Crippen LogP contribution in [0, 0.1) is 6.92 Å². The normalized spacial score (nSPS) is 12.4. The van der Waals surface area contributed by atoms with Crippen molar-refractivity contribution in [1.29, 1.82) is 0 Å². The van der Waals surface area contributed by atoms with Gasteiger partial charge in [-0.25, -0.2) is 0 Å². The van der Waals surface area contributed by atoms with Crippen molar-refractivity contribution in [3.8, 4) is 5.75 Å². The van der Waals surface area contributed by atoms with Gasteiger partial charge in [0.15, 0.2) is 0 Å². The van der Waals surface area contributed by atoms with E-state index >= 15 is 0 Å². The van der Waals surface area contributed by atoms with Gasteiger partial charge in [-0.1, -0.05) is 0 Å². The Kier molecular flexibility index (Phi) is 4.79. The number of nitrogens with zero attached hydrogens (tertiary/aromatic N) is 1. The number of pyridine rings is 1. The zero-order chi connectivity index (χ0) is 14.5. The Balaban J connectivity index is 2.35. The minimum absolute atomic E-state index is 0.358. The fourth-order valence-corrected chi connectivity index (χ4v) is 2.32. The summed E-state index contributed by atoms with van der Waals surface area (Å²) in [4.78, 5) is 4.55. The number of nitrogens with one attached hydrogen (secondary N) is 1. The van der Waals surface area contributed by atoms with E-state index in [0.717, 1.165) is 47.3 Å². The van der Waals surface area contributed by atoms with Gasteiger partial charge in [0.25, 0.3) is 0 Å². The van der Waals surface area contributed by atoms with Gasteiger partial charge in [-0.3, -0.25) is 4.98 Å². The van der Waals surface area contributed by atoms with Crippen LogP contribution in [0.1, 0.15) is 25.3 Å². The molecule has 1 atom stereocenters. The Bertz CT molecular complexity index is 583. The lowest BCUT2D eigenvalue weighted by atomic mass is 10.1. The number of hydrogen-bond donors (Lipinski definition) is 2. The molecule has 1 aromatic heterocycles. The summed E-state index contributed by atoms with van der Waals surface area (Å²) < 4.78 is 5.38. The molecule has 0 aliphatic heterocycles. The lowest BCUT2D eigenvalue weighted by molar-refractivity contribution is 0.415. The van der Waals surface area contributed by atoms with E-state index < -0.39 is 0 Å². The van der Waals surface area contributed by atoms with Crippen LogP contribution < -0.4 is 15.8 Å². The third-order valence-electron chi connectivity index (χ3n) is 3.37. The Hall–Kier alpha value is -1.81. The number of aryl methyl sites for hydroxylation is 1. The number of aromatic nitrogens is 1. The second-order valence-electron chi connectivity index (χ2n) is 5.24. The van der Waals surface area contributed by atoms with Gasteiger partial charge in [-0.2, -0.15) is 0 Å². The molecule has 3 N–H and O–H groups in total. The first-order chi connectivity index (χ1) is 9.63. The molecule has 0 spiro atoms. The van der Waals surface area contributed by atoms with Gasteiger partial charge < -0.3 is 15.8 Å². The number of methoxy groups -OCH3 is 1. The first kappa shape index (κ1) is 14.6. The fraction of sp³-hybridized carbons (Fsp3) is 0.438. The van der Waals surface area contributed by atoms with Crippen molar-refractivity contribution in [2.75, 3.05) is 19.0 Å². The summed E-state index contributed by atoms with van der Waals surface area (Å²) in [6, 6.07) is 6.51. The van der Waals surface area contributed by atoms with E-state index in [1.165, 1.54) is 0 Å². The summed E-state index contributed by atoms with van der Waals surface area (Å²) in [7, 11) is 1.69. The second-order valence-corrected chi connectivity index (χ2v) is 5.24. The lowest BCUT2D eigenvalue weighted by Crippen LogP contribution is -2.17.